The van der Waals surface area contributed by atoms with Crippen molar-refractivity contribution in [2.75, 3.05) is 6.61 Å². The zero-order valence-corrected chi connectivity index (χ0v) is 8.32. The molecule has 3 nitrogen and oxygen atoms in total. The van der Waals surface area contributed by atoms with Gasteiger partial charge in [0.25, 0.3) is 0 Å². The average molecular weight is 211 g/mol. The van der Waals surface area contributed by atoms with Crippen LogP contribution in [0.1, 0.15) is 24.4 Å². The Balaban J connectivity index is 2.25. The molecule has 0 spiro atoms. The minimum atomic E-state index is -0.588. The normalized spacial score (nSPS) is 17.5. The highest BCUT2D eigenvalue weighted by molar-refractivity contribution is 5.36. The molecule has 1 aliphatic rings. The van der Waals surface area contributed by atoms with Crippen LogP contribution in [-0.2, 0) is 0 Å². The minimum Gasteiger partial charge on any atom is -0.490 e. The zero-order chi connectivity index (χ0) is 10.8. The van der Waals surface area contributed by atoms with Gasteiger partial charge in [-0.2, -0.15) is 0 Å². The van der Waals surface area contributed by atoms with E-state index >= 15 is 0 Å². The van der Waals surface area contributed by atoms with E-state index in [0.29, 0.717) is 11.3 Å². The van der Waals surface area contributed by atoms with Crippen molar-refractivity contribution >= 4 is 0 Å². The summed E-state index contributed by atoms with van der Waals surface area (Å²) in [6.45, 7) is -0.218. The van der Waals surface area contributed by atoms with E-state index in [-0.39, 0.29) is 18.5 Å². The first-order chi connectivity index (χ1) is 7.20. The number of aliphatic hydroxyl groups is 1. The number of benzene rings is 1. The van der Waals surface area contributed by atoms with Gasteiger partial charge in [-0.3, -0.25) is 0 Å². The molecule has 1 saturated carbocycles. The summed E-state index contributed by atoms with van der Waals surface area (Å²) in [5.74, 6) is 0.220. The molecule has 4 heteroatoms. The number of aliphatic hydroxyl groups excluding tert-OH is 1. The maximum absolute atomic E-state index is 13.0. The maximum atomic E-state index is 13.0. The van der Waals surface area contributed by atoms with Crippen molar-refractivity contribution in [3.8, 4) is 5.75 Å². The van der Waals surface area contributed by atoms with Crippen molar-refractivity contribution in [2.24, 2.45) is 5.73 Å². The number of ether oxygens (including phenoxy) is 1. The quantitative estimate of drug-likeness (QED) is 0.790. The zero-order valence-electron chi connectivity index (χ0n) is 8.32. The van der Waals surface area contributed by atoms with Crippen LogP contribution >= 0.6 is 0 Å². The predicted molar refractivity (Wildman–Crippen MR) is 54.1 cm³/mol. The molecule has 2 rings (SSSR count). The highest BCUT2D eigenvalue weighted by atomic mass is 19.1. The molecular weight excluding hydrogens is 197 g/mol. The van der Waals surface area contributed by atoms with Crippen LogP contribution in [0.25, 0.3) is 0 Å². The van der Waals surface area contributed by atoms with Crippen molar-refractivity contribution in [3.63, 3.8) is 0 Å². The Hall–Kier alpha value is -1.13. The SMILES string of the molecule is NC(CO)c1cc(F)ccc1OC1CC1. The van der Waals surface area contributed by atoms with E-state index in [2.05, 4.69) is 0 Å². The van der Waals surface area contributed by atoms with Gasteiger partial charge in [0, 0.05) is 5.56 Å². The van der Waals surface area contributed by atoms with Gasteiger partial charge in [0.05, 0.1) is 18.8 Å². The van der Waals surface area contributed by atoms with Crippen LogP contribution < -0.4 is 10.5 Å². The standard InChI is InChI=1S/C11H14FNO2/c12-7-1-4-11(15-8-2-3-8)9(5-7)10(13)6-14/h1,4-5,8,10,14H,2-3,6,13H2. The molecule has 0 bridgehead atoms. The molecule has 0 aliphatic heterocycles. The minimum absolute atomic E-state index is 0.218. The molecule has 0 saturated heterocycles. The van der Waals surface area contributed by atoms with E-state index in [1.807, 2.05) is 0 Å². The fourth-order valence-electron chi connectivity index (χ4n) is 1.38. The molecule has 1 fully saturated rings. The van der Waals surface area contributed by atoms with E-state index in [4.69, 9.17) is 15.6 Å². The summed E-state index contributed by atoms with van der Waals surface area (Å²) in [6, 6.07) is 3.64. The van der Waals surface area contributed by atoms with Crippen LogP contribution in [0.2, 0.25) is 0 Å². The van der Waals surface area contributed by atoms with Gasteiger partial charge in [-0.1, -0.05) is 0 Å². The van der Waals surface area contributed by atoms with Gasteiger partial charge in [0.15, 0.2) is 0 Å². The monoisotopic (exact) mass is 211 g/mol. The molecule has 3 N–H and O–H groups in total. The molecule has 82 valence electrons. The fraction of sp³-hybridized carbons (Fsp3) is 0.455. The third-order valence-corrected chi connectivity index (χ3v) is 2.39. The second-order valence-corrected chi connectivity index (χ2v) is 3.79. The number of hydrogen-bond donors (Lipinski definition) is 2. The third kappa shape index (κ3) is 2.46. The van der Waals surface area contributed by atoms with Crippen molar-refractivity contribution in [3.05, 3.63) is 29.6 Å². The van der Waals surface area contributed by atoms with Crippen LogP contribution in [0.3, 0.4) is 0 Å². The van der Waals surface area contributed by atoms with Gasteiger partial charge in [-0.05, 0) is 31.0 Å². The van der Waals surface area contributed by atoms with Gasteiger partial charge >= 0.3 is 0 Å². The highest BCUT2D eigenvalue weighted by Gasteiger charge is 2.25. The third-order valence-electron chi connectivity index (χ3n) is 2.39. The van der Waals surface area contributed by atoms with Crippen molar-refractivity contribution in [1.29, 1.82) is 0 Å². The fourth-order valence-corrected chi connectivity index (χ4v) is 1.38. The Morgan fingerprint density at radius 1 is 1.53 bits per heavy atom. The van der Waals surface area contributed by atoms with Gasteiger partial charge in [0.1, 0.15) is 11.6 Å². The molecule has 0 amide bonds. The van der Waals surface area contributed by atoms with E-state index in [1.165, 1.54) is 12.1 Å². The van der Waals surface area contributed by atoms with Gasteiger partial charge in [-0.25, -0.2) is 4.39 Å². The molecule has 0 heterocycles. The smallest absolute Gasteiger partial charge is 0.124 e. The maximum Gasteiger partial charge on any atom is 0.124 e. The predicted octanol–water partition coefficient (Wildman–Crippen LogP) is 1.36. The van der Waals surface area contributed by atoms with E-state index in [0.717, 1.165) is 12.8 Å². The highest BCUT2D eigenvalue weighted by Crippen LogP contribution is 2.31. The summed E-state index contributed by atoms with van der Waals surface area (Å²) >= 11 is 0. The van der Waals surface area contributed by atoms with E-state index in [1.54, 1.807) is 6.07 Å². The van der Waals surface area contributed by atoms with Crippen LogP contribution in [0.15, 0.2) is 18.2 Å². The van der Waals surface area contributed by atoms with Crippen LogP contribution in [0.5, 0.6) is 5.75 Å². The number of halogens is 1. The molecule has 1 aromatic carbocycles. The Bertz CT molecular complexity index is 352. The Morgan fingerprint density at radius 2 is 2.27 bits per heavy atom. The van der Waals surface area contributed by atoms with Crippen LogP contribution in [0.4, 0.5) is 4.39 Å². The first-order valence-electron chi connectivity index (χ1n) is 5.03. The summed E-state index contributed by atoms with van der Waals surface area (Å²) in [4.78, 5) is 0. The van der Waals surface area contributed by atoms with Gasteiger partial charge < -0.3 is 15.6 Å². The molecular formula is C11H14FNO2. The lowest BCUT2D eigenvalue weighted by Crippen LogP contribution is -2.16. The lowest BCUT2D eigenvalue weighted by Gasteiger charge is -2.15. The van der Waals surface area contributed by atoms with E-state index in [9.17, 15) is 4.39 Å². The lowest BCUT2D eigenvalue weighted by atomic mass is 10.1. The number of nitrogens with two attached hydrogens (primary N) is 1. The topological polar surface area (TPSA) is 55.5 Å². The summed E-state index contributed by atoms with van der Waals surface area (Å²) in [5.41, 5.74) is 6.20. The van der Waals surface area contributed by atoms with E-state index < -0.39 is 6.04 Å². The first-order valence-corrected chi connectivity index (χ1v) is 5.03. The second-order valence-electron chi connectivity index (χ2n) is 3.79. The Kier molecular flexibility index (Phi) is 2.88. The molecule has 1 aromatic rings. The summed E-state index contributed by atoms with van der Waals surface area (Å²) in [7, 11) is 0. The molecule has 1 aliphatic carbocycles. The largest absolute Gasteiger partial charge is 0.490 e. The van der Waals surface area contributed by atoms with Crippen molar-refractivity contribution in [1.82, 2.24) is 0 Å². The van der Waals surface area contributed by atoms with Gasteiger partial charge in [0.2, 0.25) is 0 Å². The summed E-state index contributed by atoms with van der Waals surface area (Å²) in [6.07, 6.45) is 2.30. The molecule has 0 radical (unpaired) electrons. The number of rotatable bonds is 4. The van der Waals surface area contributed by atoms with Crippen molar-refractivity contribution < 1.29 is 14.2 Å². The number of hydrogen-bond acceptors (Lipinski definition) is 3. The van der Waals surface area contributed by atoms with Gasteiger partial charge in [-0.15, -0.1) is 0 Å². The van der Waals surface area contributed by atoms with Crippen LogP contribution in [-0.4, -0.2) is 17.8 Å². The first kappa shape index (κ1) is 10.4. The molecule has 15 heavy (non-hydrogen) atoms. The van der Waals surface area contributed by atoms with Crippen LogP contribution in [0, 0.1) is 5.82 Å². The molecule has 1 atom stereocenters. The molecule has 1 unspecified atom stereocenters. The molecule has 0 aromatic heterocycles. The average Bonchev–Trinajstić information content (AvgIpc) is 3.03. The summed E-state index contributed by atoms with van der Waals surface area (Å²) < 4.78 is 18.6. The summed E-state index contributed by atoms with van der Waals surface area (Å²) in [5, 5.41) is 8.95. The Morgan fingerprint density at radius 3 is 2.87 bits per heavy atom. The van der Waals surface area contributed by atoms with Crippen molar-refractivity contribution in [2.45, 2.75) is 25.0 Å². The Labute approximate surface area is 87.7 Å². The second kappa shape index (κ2) is 4.16. The lowest BCUT2D eigenvalue weighted by molar-refractivity contribution is 0.256.